The van der Waals surface area contributed by atoms with Crippen molar-refractivity contribution in [1.29, 1.82) is 0 Å². The fourth-order valence-corrected chi connectivity index (χ4v) is 5.22. The summed E-state index contributed by atoms with van der Waals surface area (Å²) in [5, 5.41) is 0.648. The number of carbonyl (C=O) groups excluding carboxylic acids is 1. The summed E-state index contributed by atoms with van der Waals surface area (Å²) in [6, 6.07) is 31.8. The van der Waals surface area contributed by atoms with Crippen LogP contribution in [-0.2, 0) is 24.3 Å². The monoisotopic (exact) mass is 590 g/mol. The smallest absolute Gasteiger partial charge is 0.278 e. The van der Waals surface area contributed by atoms with Crippen molar-refractivity contribution in [3.05, 3.63) is 148 Å². The standard InChI is InChI=1S/C34H28ClFN6O/c35-27-13-11-23(12-14-27)17-26-19-38-34(40-32(26)37)39-31-29-18-28(36)15-16-30(29)42(33(31)43)22-41(20-24-7-3-1-4-8-24)21-25-9-5-2-6-10-25/h1-16,18-19H,17,20-22H2,(H2,37,38,40)/b39-31-. The van der Waals surface area contributed by atoms with Gasteiger partial charge in [-0.15, -0.1) is 0 Å². The molecule has 214 valence electrons. The summed E-state index contributed by atoms with van der Waals surface area (Å²) in [5.41, 5.74) is 11.2. The van der Waals surface area contributed by atoms with E-state index in [0.717, 1.165) is 22.3 Å². The molecule has 0 aliphatic carbocycles. The molecule has 5 aromatic rings. The molecule has 1 amide bonds. The minimum absolute atomic E-state index is 0.0307. The first-order valence-corrected chi connectivity index (χ1v) is 14.2. The van der Waals surface area contributed by atoms with E-state index in [2.05, 4.69) is 44.1 Å². The van der Waals surface area contributed by atoms with Gasteiger partial charge < -0.3 is 5.73 Å². The van der Waals surface area contributed by atoms with Gasteiger partial charge in [0.25, 0.3) is 11.9 Å². The first-order valence-electron chi connectivity index (χ1n) is 13.8. The molecular formula is C34H28ClFN6O. The van der Waals surface area contributed by atoms with Crippen molar-refractivity contribution in [1.82, 2.24) is 14.9 Å². The van der Waals surface area contributed by atoms with E-state index >= 15 is 0 Å². The Bertz CT molecular complexity index is 1740. The molecule has 6 rings (SSSR count). The van der Waals surface area contributed by atoms with Gasteiger partial charge in [0.2, 0.25) is 0 Å². The molecule has 7 nitrogen and oxygen atoms in total. The molecule has 4 aromatic carbocycles. The van der Waals surface area contributed by atoms with Crippen molar-refractivity contribution in [2.45, 2.75) is 19.5 Å². The van der Waals surface area contributed by atoms with Crippen LogP contribution in [0, 0.1) is 5.82 Å². The van der Waals surface area contributed by atoms with Crippen molar-refractivity contribution < 1.29 is 9.18 Å². The van der Waals surface area contributed by atoms with E-state index in [1.807, 2.05) is 60.7 Å². The van der Waals surface area contributed by atoms with Gasteiger partial charge in [0.15, 0.2) is 0 Å². The van der Waals surface area contributed by atoms with Crippen LogP contribution < -0.4 is 10.6 Å². The lowest BCUT2D eigenvalue weighted by atomic mass is 10.1. The number of hydrogen-bond acceptors (Lipinski definition) is 6. The van der Waals surface area contributed by atoms with Crippen LogP contribution in [0.5, 0.6) is 0 Å². The average molecular weight is 591 g/mol. The number of carbonyl (C=O) groups is 1. The quantitative estimate of drug-likeness (QED) is 0.210. The van der Waals surface area contributed by atoms with Gasteiger partial charge in [0.05, 0.1) is 12.4 Å². The number of nitrogens with zero attached hydrogens (tertiary/aromatic N) is 5. The van der Waals surface area contributed by atoms with Gasteiger partial charge in [-0.1, -0.05) is 84.4 Å². The summed E-state index contributed by atoms with van der Waals surface area (Å²) in [5.74, 6) is -0.546. The topological polar surface area (TPSA) is 87.7 Å². The highest BCUT2D eigenvalue weighted by atomic mass is 35.5. The molecule has 0 spiro atoms. The van der Waals surface area contributed by atoms with Crippen molar-refractivity contribution >= 4 is 40.7 Å². The van der Waals surface area contributed by atoms with Gasteiger partial charge in [-0.2, -0.15) is 4.98 Å². The molecule has 0 saturated heterocycles. The van der Waals surface area contributed by atoms with Crippen LogP contribution in [0.2, 0.25) is 5.02 Å². The van der Waals surface area contributed by atoms with E-state index in [1.54, 1.807) is 17.2 Å². The SMILES string of the molecule is Nc1nc(/N=C2\C(=O)N(CN(Cc3ccccc3)Cc3ccccc3)c3ccc(F)cc32)ncc1Cc1ccc(Cl)cc1. The van der Waals surface area contributed by atoms with Crippen LogP contribution in [0.1, 0.15) is 27.8 Å². The zero-order valence-corrected chi connectivity index (χ0v) is 24.0. The van der Waals surface area contributed by atoms with E-state index in [0.29, 0.717) is 35.8 Å². The number of rotatable bonds is 9. The van der Waals surface area contributed by atoms with Gasteiger partial charge in [-0.3, -0.25) is 14.6 Å². The van der Waals surface area contributed by atoms with Gasteiger partial charge >= 0.3 is 0 Å². The second-order valence-electron chi connectivity index (χ2n) is 10.3. The third-order valence-corrected chi connectivity index (χ3v) is 7.45. The molecule has 0 atom stereocenters. The summed E-state index contributed by atoms with van der Waals surface area (Å²) in [6.45, 7) is 1.48. The highest BCUT2D eigenvalue weighted by molar-refractivity contribution is 6.54. The number of anilines is 2. The zero-order chi connectivity index (χ0) is 29.8. The molecule has 1 aliphatic heterocycles. The third kappa shape index (κ3) is 6.61. The first-order chi connectivity index (χ1) is 20.9. The summed E-state index contributed by atoms with van der Waals surface area (Å²) >= 11 is 5.99. The predicted molar refractivity (Wildman–Crippen MR) is 168 cm³/mol. The lowest BCUT2D eigenvalue weighted by molar-refractivity contribution is -0.112. The molecule has 2 heterocycles. The summed E-state index contributed by atoms with van der Waals surface area (Å²) in [4.78, 5) is 30.9. The molecule has 1 aromatic heterocycles. The van der Waals surface area contributed by atoms with E-state index in [4.69, 9.17) is 17.3 Å². The van der Waals surface area contributed by atoms with Crippen LogP contribution in [0.3, 0.4) is 0 Å². The molecule has 0 saturated carbocycles. The summed E-state index contributed by atoms with van der Waals surface area (Å²) in [6.07, 6.45) is 2.11. The molecule has 2 N–H and O–H groups in total. The lowest BCUT2D eigenvalue weighted by Gasteiger charge is -2.28. The predicted octanol–water partition coefficient (Wildman–Crippen LogP) is 6.57. The Morgan fingerprint density at radius 1 is 0.860 bits per heavy atom. The highest BCUT2D eigenvalue weighted by Crippen LogP contribution is 2.32. The third-order valence-electron chi connectivity index (χ3n) is 7.20. The number of aromatic nitrogens is 2. The lowest BCUT2D eigenvalue weighted by Crippen LogP contribution is -2.40. The van der Waals surface area contributed by atoms with Crippen LogP contribution >= 0.6 is 11.6 Å². The van der Waals surface area contributed by atoms with Gasteiger partial charge in [0, 0.05) is 41.9 Å². The van der Waals surface area contributed by atoms with Crippen molar-refractivity contribution in [2.75, 3.05) is 17.3 Å². The van der Waals surface area contributed by atoms with E-state index in [1.165, 1.54) is 12.1 Å². The molecule has 1 aliphatic rings. The van der Waals surface area contributed by atoms with Crippen LogP contribution in [-0.4, -0.2) is 33.2 Å². The van der Waals surface area contributed by atoms with Crippen molar-refractivity contribution in [3.8, 4) is 0 Å². The Kier molecular flexibility index (Phi) is 8.22. The molecular weight excluding hydrogens is 563 g/mol. The molecule has 0 radical (unpaired) electrons. The number of nitrogen functional groups attached to an aromatic ring is 1. The fraction of sp³-hybridized carbons (Fsp3) is 0.118. The average Bonchev–Trinajstić information content (AvgIpc) is 3.25. The molecule has 9 heteroatoms. The number of benzene rings is 4. The van der Waals surface area contributed by atoms with Crippen molar-refractivity contribution in [2.24, 2.45) is 4.99 Å². The number of fused-ring (bicyclic) bond motifs is 1. The van der Waals surface area contributed by atoms with E-state index in [-0.39, 0.29) is 30.1 Å². The Morgan fingerprint density at radius 3 is 2.14 bits per heavy atom. The summed E-state index contributed by atoms with van der Waals surface area (Å²) in [7, 11) is 0. The Labute approximate surface area is 254 Å². The fourth-order valence-electron chi connectivity index (χ4n) is 5.10. The van der Waals surface area contributed by atoms with Gasteiger partial charge in [-0.25, -0.2) is 14.4 Å². The number of hydrogen-bond donors (Lipinski definition) is 1. The molecule has 0 unspecified atom stereocenters. The van der Waals surface area contributed by atoms with Crippen LogP contribution in [0.25, 0.3) is 0 Å². The molecule has 0 bridgehead atoms. The maximum Gasteiger partial charge on any atom is 0.278 e. The second-order valence-corrected chi connectivity index (χ2v) is 10.8. The minimum Gasteiger partial charge on any atom is -0.383 e. The van der Waals surface area contributed by atoms with Gasteiger partial charge in [-0.05, 0) is 47.0 Å². The van der Waals surface area contributed by atoms with Crippen LogP contribution in [0.15, 0.2) is 114 Å². The van der Waals surface area contributed by atoms with Crippen molar-refractivity contribution in [3.63, 3.8) is 0 Å². The Morgan fingerprint density at radius 2 is 1.51 bits per heavy atom. The largest absolute Gasteiger partial charge is 0.383 e. The molecule has 0 fully saturated rings. The maximum atomic E-state index is 14.5. The first kappa shape index (κ1) is 28.2. The highest BCUT2D eigenvalue weighted by Gasteiger charge is 2.35. The maximum absolute atomic E-state index is 14.5. The minimum atomic E-state index is -0.467. The Hall–Kier alpha value is -4.92. The number of amides is 1. The number of halogens is 2. The Balaban J connectivity index is 1.29. The van der Waals surface area contributed by atoms with Crippen LogP contribution in [0.4, 0.5) is 21.8 Å². The number of nitrogens with two attached hydrogens (primary N) is 1. The van der Waals surface area contributed by atoms with E-state index < -0.39 is 5.82 Å². The summed E-state index contributed by atoms with van der Waals surface area (Å²) < 4.78 is 14.5. The second kappa shape index (κ2) is 12.5. The molecule has 43 heavy (non-hydrogen) atoms. The van der Waals surface area contributed by atoms with Gasteiger partial charge in [0.1, 0.15) is 17.3 Å². The number of aliphatic imine (C=N–C) groups is 1. The zero-order valence-electron chi connectivity index (χ0n) is 23.2. The van der Waals surface area contributed by atoms with E-state index in [9.17, 15) is 9.18 Å². The normalized spacial score (nSPS) is 13.6.